The Bertz CT molecular complexity index is 698. The summed E-state index contributed by atoms with van der Waals surface area (Å²) in [4.78, 5) is 24.9. The van der Waals surface area contributed by atoms with Gasteiger partial charge in [0.2, 0.25) is 5.95 Å². The van der Waals surface area contributed by atoms with Gasteiger partial charge in [0.1, 0.15) is 11.9 Å². The second-order valence-corrected chi connectivity index (χ2v) is 5.68. The van der Waals surface area contributed by atoms with E-state index in [1.54, 1.807) is 24.1 Å². The molecule has 7 heteroatoms. The number of anilines is 1. The van der Waals surface area contributed by atoms with Crippen LogP contribution in [0, 0.1) is 6.92 Å². The lowest BCUT2D eigenvalue weighted by Crippen LogP contribution is -2.42. The van der Waals surface area contributed by atoms with Crippen LogP contribution in [0.4, 0.5) is 5.95 Å². The lowest BCUT2D eigenvalue weighted by Gasteiger charge is -2.32. The molecule has 1 amide bonds. The van der Waals surface area contributed by atoms with Crippen molar-refractivity contribution in [3.05, 3.63) is 41.6 Å². The van der Waals surface area contributed by atoms with Crippen molar-refractivity contribution in [3.63, 3.8) is 0 Å². The van der Waals surface area contributed by atoms with Crippen LogP contribution in [-0.2, 0) is 4.74 Å². The maximum Gasteiger partial charge on any atom is 0.257 e. The average molecular weight is 316 g/mol. The zero-order valence-corrected chi connectivity index (χ0v) is 13.5. The van der Waals surface area contributed by atoms with Gasteiger partial charge in [0.05, 0.1) is 30.7 Å². The summed E-state index contributed by atoms with van der Waals surface area (Å²) in [6.45, 7) is 3.30. The molecule has 0 radical (unpaired) electrons. The highest BCUT2D eigenvalue weighted by atomic mass is 16.5. The summed E-state index contributed by atoms with van der Waals surface area (Å²) in [5.41, 5.74) is 1.38. The van der Waals surface area contributed by atoms with Crippen molar-refractivity contribution >= 4 is 11.9 Å². The first-order valence-electron chi connectivity index (χ1n) is 7.51. The maximum atomic E-state index is 12.6. The largest absolute Gasteiger partial charge is 0.469 e. The molecule has 2 aromatic rings. The minimum atomic E-state index is -0.249. The molecule has 0 bridgehead atoms. The van der Waals surface area contributed by atoms with E-state index in [-0.39, 0.29) is 12.0 Å². The molecule has 0 N–H and O–H groups in total. The highest BCUT2D eigenvalue weighted by Gasteiger charge is 2.28. The zero-order chi connectivity index (χ0) is 16.4. The van der Waals surface area contributed by atoms with E-state index in [4.69, 9.17) is 9.15 Å². The van der Waals surface area contributed by atoms with E-state index in [1.165, 1.54) is 6.26 Å². The predicted octanol–water partition coefficient (Wildman–Crippen LogP) is 1.66. The van der Waals surface area contributed by atoms with Gasteiger partial charge in [0.15, 0.2) is 0 Å². The van der Waals surface area contributed by atoms with Gasteiger partial charge in [-0.2, -0.15) is 0 Å². The first-order valence-corrected chi connectivity index (χ1v) is 7.51. The van der Waals surface area contributed by atoms with Gasteiger partial charge < -0.3 is 19.0 Å². The molecule has 1 fully saturated rings. The van der Waals surface area contributed by atoms with Crippen LogP contribution < -0.4 is 4.90 Å². The molecule has 0 spiro atoms. The SMILES string of the molecule is Cc1occc1C(=O)N1CCO[C@H](c2ccnc(N(C)C)n2)C1. The van der Waals surface area contributed by atoms with E-state index in [2.05, 4.69) is 9.97 Å². The number of aryl methyl sites for hydroxylation is 1. The van der Waals surface area contributed by atoms with Crippen molar-refractivity contribution in [3.8, 4) is 0 Å². The van der Waals surface area contributed by atoms with Crippen molar-refractivity contribution in [2.45, 2.75) is 13.0 Å². The molecule has 3 rings (SSSR count). The monoisotopic (exact) mass is 316 g/mol. The fourth-order valence-corrected chi connectivity index (χ4v) is 2.55. The van der Waals surface area contributed by atoms with Crippen molar-refractivity contribution < 1.29 is 13.9 Å². The van der Waals surface area contributed by atoms with Gasteiger partial charge in [-0.25, -0.2) is 9.97 Å². The lowest BCUT2D eigenvalue weighted by molar-refractivity contribution is -0.0247. The molecule has 2 aromatic heterocycles. The summed E-state index contributed by atoms with van der Waals surface area (Å²) in [7, 11) is 3.77. The maximum absolute atomic E-state index is 12.6. The Balaban J connectivity index is 1.77. The molecule has 0 unspecified atom stereocenters. The Morgan fingerprint density at radius 2 is 2.22 bits per heavy atom. The molecule has 1 atom stereocenters. The lowest BCUT2D eigenvalue weighted by atomic mass is 10.1. The van der Waals surface area contributed by atoms with Gasteiger partial charge in [-0.05, 0) is 19.1 Å². The molecule has 0 saturated carbocycles. The Hall–Kier alpha value is -2.41. The van der Waals surface area contributed by atoms with E-state index < -0.39 is 0 Å². The van der Waals surface area contributed by atoms with E-state index in [0.717, 1.165) is 5.69 Å². The number of ether oxygens (including phenoxy) is 1. The number of hydrogen-bond acceptors (Lipinski definition) is 6. The Morgan fingerprint density at radius 3 is 2.91 bits per heavy atom. The van der Waals surface area contributed by atoms with Crippen molar-refractivity contribution in [1.29, 1.82) is 0 Å². The summed E-state index contributed by atoms with van der Waals surface area (Å²) in [5.74, 6) is 1.22. The highest BCUT2D eigenvalue weighted by molar-refractivity contribution is 5.95. The molecular formula is C16H20N4O3. The van der Waals surface area contributed by atoms with Crippen LogP contribution in [0.3, 0.4) is 0 Å². The number of furan rings is 1. The van der Waals surface area contributed by atoms with Gasteiger partial charge in [-0.3, -0.25) is 4.79 Å². The first kappa shape index (κ1) is 15.5. The summed E-state index contributed by atoms with van der Waals surface area (Å²) in [6.07, 6.45) is 3.00. The second-order valence-electron chi connectivity index (χ2n) is 5.68. The van der Waals surface area contributed by atoms with Crippen LogP contribution in [0.1, 0.15) is 27.9 Å². The number of hydrogen-bond donors (Lipinski definition) is 0. The standard InChI is InChI=1S/C16H20N4O3/c1-11-12(5-8-22-11)15(21)20-7-9-23-14(10-20)13-4-6-17-16(18-13)19(2)3/h4-6,8,14H,7,9-10H2,1-3H3/t14-/m0/s1. The normalized spacial score (nSPS) is 18.0. The van der Waals surface area contributed by atoms with E-state index in [9.17, 15) is 4.79 Å². The van der Waals surface area contributed by atoms with Crippen LogP contribution in [0.2, 0.25) is 0 Å². The molecule has 0 aromatic carbocycles. The third-order valence-electron chi connectivity index (χ3n) is 3.84. The van der Waals surface area contributed by atoms with Crippen molar-refractivity contribution in [1.82, 2.24) is 14.9 Å². The number of morpholine rings is 1. The molecule has 122 valence electrons. The minimum Gasteiger partial charge on any atom is -0.469 e. The molecule has 3 heterocycles. The highest BCUT2D eigenvalue weighted by Crippen LogP contribution is 2.23. The van der Waals surface area contributed by atoms with Gasteiger partial charge in [0, 0.05) is 26.8 Å². The van der Waals surface area contributed by atoms with Crippen molar-refractivity contribution in [2.24, 2.45) is 0 Å². The molecule has 1 aliphatic rings. The second kappa shape index (κ2) is 6.37. The van der Waals surface area contributed by atoms with Crippen LogP contribution in [0.15, 0.2) is 29.0 Å². The number of rotatable bonds is 3. The molecule has 1 saturated heterocycles. The van der Waals surface area contributed by atoms with Gasteiger partial charge >= 0.3 is 0 Å². The zero-order valence-electron chi connectivity index (χ0n) is 13.5. The molecule has 23 heavy (non-hydrogen) atoms. The number of carbonyl (C=O) groups is 1. The Labute approximate surface area is 134 Å². The molecule has 1 aliphatic heterocycles. The first-order chi connectivity index (χ1) is 11.1. The van der Waals surface area contributed by atoms with E-state index in [1.807, 2.05) is 25.1 Å². The minimum absolute atomic E-state index is 0.0357. The quantitative estimate of drug-likeness (QED) is 0.857. The predicted molar refractivity (Wildman–Crippen MR) is 84.4 cm³/mol. The number of carbonyl (C=O) groups excluding carboxylic acids is 1. The fourth-order valence-electron chi connectivity index (χ4n) is 2.55. The van der Waals surface area contributed by atoms with Gasteiger partial charge in [-0.1, -0.05) is 0 Å². The van der Waals surface area contributed by atoms with Gasteiger partial charge in [0.25, 0.3) is 5.91 Å². The van der Waals surface area contributed by atoms with Crippen LogP contribution in [-0.4, -0.2) is 54.6 Å². The van der Waals surface area contributed by atoms with Crippen LogP contribution in [0.5, 0.6) is 0 Å². The topological polar surface area (TPSA) is 71.7 Å². The third kappa shape index (κ3) is 3.19. The third-order valence-corrected chi connectivity index (χ3v) is 3.84. The fraction of sp³-hybridized carbons (Fsp3) is 0.438. The Morgan fingerprint density at radius 1 is 1.39 bits per heavy atom. The molecule has 7 nitrogen and oxygen atoms in total. The van der Waals surface area contributed by atoms with Crippen LogP contribution >= 0.6 is 0 Å². The Kier molecular flexibility index (Phi) is 4.29. The van der Waals surface area contributed by atoms with Crippen molar-refractivity contribution in [2.75, 3.05) is 38.7 Å². The molecular weight excluding hydrogens is 296 g/mol. The smallest absolute Gasteiger partial charge is 0.257 e. The van der Waals surface area contributed by atoms with E-state index >= 15 is 0 Å². The summed E-state index contributed by atoms with van der Waals surface area (Å²) >= 11 is 0. The summed E-state index contributed by atoms with van der Waals surface area (Å²) < 4.78 is 11.0. The number of aromatic nitrogens is 2. The number of nitrogens with zero attached hydrogens (tertiary/aromatic N) is 4. The summed E-state index contributed by atoms with van der Waals surface area (Å²) in [5, 5.41) is 0. The van der Waals surface area contributed by atoms with Gasteiger partial charge in [-0.15, -0.1) is 0 Å². The average Bonchev–Trinajstić information content (AvgIpc) is 3.00. The number of amides is 1. The summed E-state index contributed by atoms with van der Waals surface area (Å²) in [6, 6.07) is 3.53. The molecule has 0 aliphatic carbocycles. The van der Waals surface area contributed by atoms with Crippen LogP contribution in [0.25, 0.3) is 0 Å². The van der Waals surface area contributed by atoms with E-state index in [0.29, 0.717) is 37.0 Å².